The van der Waals surface area contributed by atoms with E-state index in [1.807, 2.05) is 20.8 Å². The van der Waals surface area contributed by atoms with Gasteiger partial charge in [0, 0.05) is 18.7 Å². The van der Waals surface area contributed by atoms with Crippen LogP contribution in [0.3, 0.4) is 0 Å². The Morgan fingerprint density at radius 2 is 1.89 bits per heavy atom. The average Bonchev–Trinajstić information content (AvgIpc) is 2.33. The molecular formula is C12H18ClN3OS. The molecule has 6 heteroatoms. The standard InChI is InChI=1S/C12H18ClN3OS/c1-5-16(6-2)10(17)7-18-12-8(3)11(13)14-9(4)15-12/h5-7H2,1-4H3. The maximum atomic E-state index is 11.9. The number of aromatic nitrogens is 2. The van der Waals surface area contributed by atoms with Gasteiger partial charge < -0.3 is 4.90 Å². The Balaban J connectivity index is 2.72. The summed E-state index contributed by atoms with van der Waals surface area (Å²) in [5.41, 5.74) is 0.833. The fourth-order valence-electron chi connectivity index (χ4n) is 1.51. The van der Waals surface area contributed by atoms with Crippen molar-refractivity contribution in [2.24, 2.45) is 0 Å². The van der Waals surface area contributed by atoms with Gasteiger partial charge in [-0.05, 0) is 27.7 Å². The summed E-state index contributed by atoms with van der Waals surface area (Å²) in [6.07, 6.45) is 0. The van der Waals surface area contributed by atoms with E-state index in [2.05, 4.69) is 9.97 Å². The first-order valence-corrected chi connectivity index (χ1v) is 7.27. The molecule has 1 aromatic rings. The maximum Gasteiger partial charge on any atom is 0.232 e. The fraction of sp³-hybridized carbons (Fsp3) is 0.583. The van der Waals surface area contributed by atoms with Crippen molar-refractivity contribution < 1.29 is 4.79 Å². The van der Waals surface area contributed by atoms with E-state index >= 15 is 0 Å². The Morgan fingerprint density at radius 1 is 1.28 bits per heavy atom. The molecule has 0 saturated heterocycles. The number of aryl methyl sites for hydroxylation is 1. The SMILES string of the molecule is CCN(CC)C(=O)CSc1nc(C)nc(Cl)c1C. The van der Waals surface area contributed by atoms with Crippen LogP contribution in [0.1, 0.15) is 25.2 Å². The van der Waals surface area contributed by atoms with Crippen LogP contribution in [0, 0.1) is 13.8 Å². The summed E-state index contributed by atoms with van der Waals surface area (Å²) in [5.74, 6) is 1.13. The van der Waals surface area contributed by atoms with E-state index in [0.717, 1.165) is 23.7 Å². The molecule has 18 heavy (non-hydrogen) atoms. The first-order chi connectivity index (χ1) is 8.49. The molecule has 100 valence electrons. The first kappa shape index (κ1) is 15.2. The van der Waals surface area contributed by atoms with Crippen molar-refractivity contribution in [3.63, 3.8) is 0 Å². The molecule has 4 nitrogen and oxygen atoms in total. The summed E-state index contributed by atoms with van der Waals surface area (Å²) < 4.78 is 0. The van der Waals surface area contributed by atoms with E-state index in [9.17, 15) is 4.79 Å². The van der Waals surface area contributed by atoms with E-state index in [-0.39, 0.29) is 5.91 Å². The fourth-order valence-corrected chi connectivity index (χ4v) is 2.73. The number of amides is 1. The summed E-state index contributed by atoms with van der Waals surface area (Å²) >= 11 is 7.41. The molecule has 0 bridgehead atoms. The lowest BCUT2D eigenvalue weighted by molar-refractivity contribution is -0.127. The zero-order valence-corrected chi connectivity index (χ0v) is 12.7. The van der Waals surface area contributed by atoms with Crippen LogP contribution in [-0.4, -0.2) is 39.6 Å². The summed E-state index contributed by atoms with van der Waals surface area (Å²) in [4.78, 5) is 22.1. The van der Waals surface area contributed by atoms with Gasteiger partial charge in [0.05, 0.1) is 5.75 Å². The lowest BCUT2D eigenvalue weighted by atomic mass is 10.4. The zero-order valence-electron chi connectivity index (χ0n) is 11.2. The molecule has 1 amide bonds. The number of carbonyl (C=O) groups excluding carboxylic acids is 1. The van der Waals surface area contributed by atoms with Crippen LogP contribution < -0.4 is 0 Å². The van der Waals surface area contributed by atoms with Gasteiger partial charge in [-0.2, -0.15) is 0 Å². The molecule has 0 aromatic carbocycles. The molecule has 1 heterocycles. The minimum atomic E-state index is 0.122. The number of rotatable bonds is 5. The van der Waals surface area contributed by atoms with Crippen molar-refractivity contribution in [1.29, 1.82) is 0 Å². The highest BCUT2D eigenvalue weighted by molar-refractivity contribution is 7.99. The van der Waals surface area contributed by atoms with Crippen molar-refractivity contribution in [2.45, 2.75) is 32.7 Å². The van der Waals surface area contributed by atoms with Crippen molar-refractivity contribution in [3.8, 4) is 0 Å². The zero-order chi connectivity index (χ0) is 13.7. The maximum absolute atomic E-state index is 11.9. The van der Waals surface area contributed by atoms with Gasteiger partial charge in [-0.25, -0.2) is 9.97 Å². The van der Waals surface area contributed by atoms with Crippen LogP contribution in [0.5, 0.6) is 0 Å². The molecule has 0 aliphatic rings. The number of nitrogens with zero attached hydrogens (tertiary/aromatic N) is 3. The molecular weight excluding hydrogens is 270 g/mol. The van der Waals surface area contributed by atoms with Crippen LogP contribution >= 0.6 is 23.4 Å². The second kappa shape index (κ2) is 6.95. The van der Waals surface area contributed by atoms with Gasteiger partial charge in [-0.3, -0.25) is 4.79 Å². The van der Waals surface area contributed by atoms with Crippen molar-refractivity contribution in [2.75, 3.05) is 18.8 Å². The first-order valence-electron chi connectivity index (χ1n) is 5.90. The van der Waals surface area contributed by atoms with Crippen LogP contribution in [0.15, 0.2) is 5.03 Å². The minimum absolute atomic E-state index is 0.122. The monoisotopic (exact) mass is 287 g/mol. The number of carbonyl (C=O) groups is 1. The predicted molar refractivity (Wildman–Crippen MR) is 75.2 cm³/mol. The molecule has 0 aliphatic heterocycles. The van der Waals surface area contributed by atoms with Gasteiger partial charge >= 0.3 is 0 Å². The lowest BCUT2D eigenvalue weighted by Gasteiger charge is -2.18. The van der Waals surface area contributed by atoms with Crippen LogP contribution in [0.2, 0.25) is 5.15 Å². The van der Waals surface area contributed by atoms with Gasteiger partial charge in [0.2, 0.25) is 5.91 Å². The molecule has 0 saturated carbocycles. The molecule has 1 aromatic heterocycles. The Bertz CT molecular complexity index is 436. The molecule has 0 atom stereocenters. The summed E-state index contributed by atoms with van der Waals surface area (Å²) in [6, 6.07) is 0. The van der Waals surface area contributed by atoms with Gasteiger partial charge in [-0.15, -0.1) is 0 Å². The van der Waals surface area contributed by atoms with E-state index in [1.165, 1.54) is 11.8 Å². The van der Waals surface area contributed by atoms with E-state index in [4.69, 9.17) is 11.6 Å². The molecule has 1 rings (SSSR count). The number of hydrogen-bond donors (Lipinski definition) is 0. The summed E-state index contributed by atoms with van der Waals surface area (Å²) in [6.45, 7) is 9.08. The lowest BCUT2D eigenvalue weighted by Crippen LogP contribution is -2.31. The molecule has 0 N–H and O–H groups in total. The second-order valence-corrected chi connectivity index (χ2v) is 5.17. The smallest absolute Gasteiger partial charge is 0.232 e. The molecule has 0 unspecified atom stereocenters. The van der Waals surface area contributed by atoms with E-state index in [0.29, 0.717) is 16.7 Å². The number of thioether (sulfide) groups is 1. The van der Waals surface area contributed by atoms with Crippen LogP contribution in [-0.2, 0) is 4.79 Å². The third kappa shape index (κ3) is 3.85. The van der Waals surface area contributed by atoms with E-state index < -0.39 is 0 Å². The van der Waals surface area contributed by atoms with E-state index in [1.54, 1.807) is 11.8 Å². The van der Waals surface area contributed by atoms with Gasteiger partial charge in [0.1, 0.15) is 16.0 Å². The topological polar surface area (TPSA) is 46.1 Å². The summed E-state index contributed by atoms with van der Waals surface area (Å²) in [5, 5.41) is 1.24. The highest BCUT2D eigenvalue weighted by Gasteiger charge is 2.13. The van der Waals surface area contributed by atoms with Gasteiger partial charge in [-0.1, -0.05) is 23.4 Å². The molecule has 0 fully saturated rings. The summed E-state index contributed by atoms with van der Waals surface area (Å²) in [7, 11) is 0. The Kier molecular flexibility index (Phi) is 5.88. The van der Waals surface area contributed by atoms with Crippen molar-refractivity contribution in [1.82, 2.24) is 14.9 Å². The Hall–Kier alpha value is -0.810. The third-order valence-corrected chi connectivity index (χ3v) is 4.03. The highest BCUT2D eigenvalue weighted by Crippen LogP contribution is 2.24. The normalized spacial score (nSPS) is 10.5. The Morgan fingerprint density at radius 3 is 2.44 bits per heavy atom. The number of halogens is 1. The molecule has 0 radical (unpaired) electrons. The van der Waals surface area contributed by atoms with Crippen molar-refractivity contribution in [3.05, 3.63) is 16.5 Å². The Labute approximate surface area is 117 Å². The highest BCUT2D eigenvalue weighted by atomic mass is 35.5. The van der Waals surface area contributed by atoms with Crippen molar-refractivity contribution >= 4 is 29.3 Å². The second-order valence-electron chi connectivity index (χ2n) is 3.85. The van der Waals surface area contributed by atoms with Crippen LogP contribution in [0.25, 0.3) is 0 Å². The predicted octanol–water partition coefficient (Wildman–Crippen LogP) is 2.71. The molecule has 0 spiro atoms. The average molecular weight is 288 g/mol. The quantitative estimate of drug-likeness (QED) is 0.617. The van der Waals surface area contributed by atoms with Gasteiger partial charge in [0.25, 0.3) is 0 Å². The minimum Gasteiger partial charge on any atom is -0.343 e. The largest absolute Gasteiger partial charge is 0.343 e. The number of hydrogen-bond acceptors (Lipinski definition) is 4. The third-order valence-electron chi connectivity index (χ3n) is 2.60. The van der Waals surface area contributed by atoms with Crippen LogP contribution in [0.4, 0.5) is 0 Å². The molecule has 0 aliphatic carbocycles. The van der Waals surface area contributed by atoms with Gasteiger partial charge in [0.15, 0.2) is 0 Å².